The molecule has 0 spiro atoms. The van der Waals surface area contributed by atoms with Gasteiger partial charge in [0.2, 0.25) is 0 Å². The summed E-state index contributed by atoms with van der Waals surface area (Å²) in [6.07, 6.45) is 0. The zero-order chi connectivity index (χ0) is 12.3. The molecule has 0 heterocycles. The number of benzene rings is 2. The standard InChI is InChI=1S/C13H14O3P/c1-11-7-5-6-10-13(11)16-17(14,15)12-8-3-2-4-9-12/h2-10,14-15H,1H3/q+1. The number of hydrogen-bond donors (Lipinski definition) is 2. The van der Waals surface area contributed by atoms with Gasteiger partial charge in [-0.3, -0.25) is 4.52 Å². The molecule has 0 aliphatic heterocycles. The van der Waals surface area contributed by atoms with Gasteiger partial charge in [-0.1, -0.05) is 36.4 Å². The summed E-state index contributed by atoms with van der Waals surface area (Å²) in [5.74, 6) is 0.495. The second-order valence-electron chi connectivity index (χ2n) is 3.74. The molecule has 0 aliphatic rings. The van der Waals surface area contributed by atoms with Crippen molar-refractivity contribution < 1.29 is 14.3 Å². The zero-order valence-electron chi connectivity index (χ0n) is 9.45. The average molecular weight is 249 g/mol. The van der Waals surface area contributed by atoms with Crippen LogP contribution in [-0.2, 0) is 0 Å². The molecule has 0 aromatic heterocycles. The quantitative estimate of drug-likeness (QED) is 0.821. The molecule has 2 aromatic carbocycles. The fourth-order valence-electron chi connectivity index (χ4n) is 1.47. The van der Waals surface area contributed by atoms with E-state index in [0.29, 0.717) is 11.1 Å². The first-order valence-electron chi connectivity index (χ1n) is 5.25. The van der Waals surface area contributed by atoms with Crippen molar-refractivity contribution >= 4 is 13.2 Å². The van der Waals surface area contributed by atoms with E-state index in [-0.39, 0.29) is 0 Å². The first kappa shape index (κ1) is 12.1. The molecule has 4 heteroatoms. The molecule has 88 valence electrons. The van der Waals surface area contributed by atoms with Gasteiger partial charge < -0.3 is 0 Å². The Morgan fingerprint density at radius 2 is 1.47 bits per heavy atom. The molecule has 0 saturated heterocycles. The van der Waals surface area contributed by atoms with Crippen molar-refractivity contribution in [3.05, 3.63) is 60.2 Å². The van der Waals surface area contributed by atoms with Gasteiger partial charge in [0.15, 0.2) is 11.1 Å². The first-order valence-corrected chi connectivity index (χ1v) is 6.86. The Morgan fingerprint density at radius 1 is 0.882 bits per heavy atom. The molecule has 3 nitrogen and oxygen atoms in total. The highest BCUT2D eigenvalue weighted by molar-refractivity contribution is 7.68. The third kappa shape index (κ3) is 2.83. The smallest absolute Gasteiger partial charge is 0.281 e. The predicted octanol–water partition coefficient (Wildman–Crippen LogP) is 2.45. The van der Waals surface area contributed by atoms with Gasteiger partial charge in [-0.05, 0) is 30.7 Å². The van der Waals surface area contributed by atoms with Crippen LogP contribution in [0.1, 0.15) is 5.56 Å². The van der Waals surface area contributed by atoms with Crippen molar-refractivity contribution in [3.8, 4) is 5.75 Å². The highest BCUT2D eigenvalue weighted by Crippen LogP contribution is 2.50. The summed E-state index contributed by atoms with van der Waals surface area (Å²) in [6, 6.07) is 15.9. The lowest BCUT2D eigenvalue weighted by atomic mass is 10.2. The van der Waals surface area contributed by atoms with E-state index < -0.39 is 7.94 Å². The topological polar surface area (TPSA) is 49.7 Å². The monoisotopic (exact) mass is 249 g/mol. The molecule has 0 atom stereocenters. The van der Waals surface area contributed by atoms with Gasteiger partial charge in [-0.15, -0.1) is 0 Å². The van der Waals surface area contributed by atoms with Gasteiger partial charge in [-0.2, -0.15) is 9.79 Å². The van der Waals surface area contributed by atoms with Gasteiger partial charge in [-0.25, -0.2) is 0 Å². The lowest BCUT2D eigenvalue weighted by Crippen LogP contribution is -2.15. The van der Waals surface area contributed by atoms with Gasteiger partial charge in [0, 0.05) is 0 Å². The Labute approximate surface area is 101 Å². The molecular weight excluding hydrogens is 235 g/mol. The lowest BCUT2D eigenvalue weighted by molar-refractivity contribution is 0.353. The van der Waals surface area contributed by atoms with Crippen LogP contribution in [0.25, 0.3) is 0 Å². The minimum absolute atomic E-state index is 0.406. The van der Waals surface area contributed by atoms with Gasteiger partial charge >= 0.3 is 7.94 Å². The molecule has 0 saturated carbocycles. The Balaban J connectivity index is 2.27. The van der Waals surface area contributed by atoms with Crippen molar-refractivity contribution in [2.24, 2.45) is 0 Å². The maximum Gasteiger partial charge on any atom is 0.487 e. The van der Waals surface area contributed by atoms with Crippen LogP contribution >= 0.6 is 7.94 Å². The molecular formula is C13H14O3P+. The van der Waals surface area contributed by atoms with Crippen LogP contribution in [0, 0.1) is 6.92 Å². The van der Waals surface area contributed by atoms with Crippen molar-refractivity contribution in [3.63, 3.8) is 0 Å². The molecule has 0 unspecified atom stereocenters. The highest BCUT2D eigenvalue weighted by Gasteiger charge is 2.41. The maximum absolute atomic E-state index is 10.0. The van der Waals surface area contributed by atoms with Crippen LogP contribution in [0.4, 0.5) is 0 Å². The average Bonchev–Trinajstić information content (AvgIpc) is 2.33. The molecule has 0 bridgehead atoms. The van der Waals surface area contributed by atoms with Crippen LogP contribution in [0.3, 0.4) is 0 Å². The Bertz CT molecular complexity index is 497. The van der Waals surface area contributed by atoms with Crippen molar-refractivity contribution in [1.29, 1.82) is 0 Å². The van der Waals surface area contributed by atoms with Crippen LogP contribution in [0.5, 0.6) is 5.75 Å². The third-order valence-corrected chi connectivity index (χ3v) is 3.83. The molecule has 0 amide bonds. The number of aryl methyl sites for hydroxylation is 1. The third-order valence-electron chi connectivity index (χ3n) is 2.41. The Kier molecular flexibility index (Phi) is 3.43. The maximum atomic E-state index is 10.0. The Hall–Kier alpha value is -1.41. The largest absolute Gasteiger partial charge is 0.487 e. The van der Waals surface area contributed by atoms with Crippen LogP contribution < -0.4 is 9.83 Å². The van der Waals surface area contributed by atoms with E-state index in [9.17, 15) is 9.79 Å². The number of hydrogen-bond acceptors (Lipinski definition) is 3. The van der Waals surface area contributed by atoms with Crippen LogP contribution in [0.15, 0.2) is 54.6 Å². The van der Waals surface area contributed by atoms with E-state index >= 15 is 0 Å². The van der Waals surface area contributed by atoms with E-state index in [1.165, 1.54) is 0 Å². The molecule has 2 rings (SSSR count). The van der Waals surface area contributed by atoms with E-state index in [4.69, 9.17) is 4.52 Å². The van der Waals surface area contributed by atoms with Crippen molar-refractivity contribution in [1.82, 2.24) is 0 Å². The predicted molar refractivity (Wildman–Crippen MR) is 69.2 cm³/mol. The summed E-state index contributed by atoms with van der Waals surface area (Å²) in [7, 11) is -3.54. The zero-order valence-corrected chi connectivity index (χ0v) is 10.3. The van der Waals surface area contributed by atoms with E-state index in [0.717, 1.165) is 5.56 Å². The number of rotatable bonds is 3. The summed E-state index contributed by atoms with van der Waals surface area (Å²) in [5.41, 5.74) is 0.871. The van der Waals surface area contributed by atoms with Crippen molar-refractivity contribution in [2.45, 2.75) is 6.92 Å². The molecule has 0 fully saturated rings. The summed E-state index contributed by atoms with van der Waals surface area (Å²) in [5, 5.41) is 0.406. The summed E-state index contributed by atoms with van der Waals surface area (Å²) in [4.78, 5) is 20.0. The minimum atomic E-state index is -3.54. The van der Waals surface area contributed by atoms with E-state index in [1.54, 1.807) is 36.4 Å². The molecule has 0 aliphatic carbocycles. The summed E-state index contributed by atoms with van der Waals surface area (Å²) >= 11 is 0. The lowest BCUT2D eigenvalue weighted by Gasteiger charge is -2.12. The molecule has 2 N–H and O–H groups in total. The SMILES string of the molecule is Cc1ccccc1O[P+](O)(O)c1ccccc1. The second kappa shape index (κ2) is 4.84. The summed E-state index contributed by atoms with van der Waals surface area (Å²) < 4.78 is 5.34. The Morgan fingerprint density at radius 3 is 2.12 bits per heavy atom. The molecule has 17 heavy (non-hydrogen) atoms. The first-order chi connectivity index (χ1) is 8.09. The van der Waals surface area contributed by atoms with Crippen LogP contribution in [0.2, 0.25) is 0 Å². The van der Waals surface area contributed by atoms with E-state index in [2.05, 4.69) is 0 Å². The minimum Gasteiger partial charge on any atom is -0.281 e. The normalized spacial score (nSPS) is 11.2. The second-order valence-corrected chi connectivity index (χ2v) is 5.52. The van der Waals surface area contributed by atoms with Gasteiger partial charge in [0.1, 0.15) is 0 Å². The summed E-state index contributed by atoms with van der Waals surface area (Å²) in [6.45, 7) is 1.86. The molecule has 2 aromatic rings. The van der Waals surface area contributed by atoms with Crippen LogP contribution in [-0.4, -0.2) is 9.79 Å². The molecule has 0 radical (unpaired) electrons. The van der Waals surface area contributed by atoms with E-state index in [1.807, 2.05) is 25.1 Å². The van der Waals surface area contributed by atoms with Gasteiger partial charge in [0.25, 0.3) is 0 Å². The van der Waals surface area contributed by atoms with Gasteiger partial charge in [0.05, 0.1) is 0 Å². The fraction of sp³-hybridized carbons (Fsp3) is 0.0769. The number of para-hydroxylation sites is 1. The van der Waals surface area contributed by atoms with Crippen molar-refractivity contribution in [2.75, 3.05) is 0 Å². The fourth-order valence-corrected chi connectivity index (χ4v) is 2.62. The highest BCUT2D eigenvalue weighted by atomic mass is 31.2.